The number of aliphatic hydroxyl groups is 5. The summed E-state index contributed by atoms with van der Waals surface area (Å²) < 4.78 is 11.3. The van der Waals surface area contributed by atoms with E-state index in [0.29, 0.717) is 12.8 Å². The Hall–Kier alpha value is -1.07. The Morgan fingerprint density at radius 1 is 0.550 bits per heavy atom. The predicted molar refractivity (Wildman–Crippen MR) is 249 cm³/mol. The molecule has 7 atom stereocenters. The van der Waals surface area contributed by atoms with E-state index >= 15 is 0 Å². The van der Waals surface area contributed by atoms with Crippen molar-refractivity contribution in [3.05, 3.63) is 12.2 Å². The number of hydrogen-bond acceptors (Lipinski definition) is 8. The van der Waals surface area contributed by atoms with Crippen molar-refractivity contribution in [1.29, 1.82) is 0 Å². The number of carbonyl (C=O) groups is 1. The van der Waals surface area contributed by atoms with Crippen LogP contribution < -0.4 is 5.32 Å². The predicted octanol–water partition coefficient (Wildman–Crippen LogP) is 11.7. The number of amides is 1. The van der Waals surface area contributed by atoms with Crippen molar-refractivity contribution in [1.82, 2.24) is 5.32 Å². The highest BCUT2D eigenvalue weighted by atomic mass is 16.7. The van der Waals surface area contributed by atoms with Gasteiger partial charge in [0.25, 0.3) is 0 Å². The first-order chi connectivity index (χ1) is 29.3. The van der Waals surface area contributed by atoms with Crippen LogP contribution in [0.4, 0.5) is 0 Å². The number of unbranched alkanes of at least 4 members (excludes halogenated alkanes) is 32. The van der Waals surface area contributed by atoms with E-state index in [0.717, 1.165) is 51.4 Å². The average Bonchev–Trinajstić information content (AvgIpc) is 3.25. The lowest BCUT2D eigenvalue weighted by atomic mass is 9.99. The van der Waals surface area contributed by atoms with Crippen molar-refractivity contribution < 1.29 is 39.8 Å². The van der Waals surface area contributed by atoms with Crippen LogP contribution in [0.5, 0.6) is 0 Å². The molecule has 1 fully saturated rings. The Kier molecular flexibility index (Phi) is 39.8. The Morgan fingerprint density at radius 3 is 1.35 bits per heavy atom. The van der Waals surface area contributed by atoms with Gasteiger partial charge in [-0.25, -0.2) is 0 Å². The van der Waals surface area contributed by atoms with Gasteiger partial charge in [-0.15, -0.1) is 0 Å². The SMILES string of the molecule is CCCCCCCC/C=C\CCCCCC(=O)NC(COC1OC(CO)C(O)C(O)C1O)C(O)CCCCCCCCCCCCCCCCCCCCCCCCCC. The fourth-order valence-corrected chi connectivity index (χ4v) is 8.45. The van der Waals surface area contributed by atoms with Gasteiger partial charge < -0.3 is 40.3 Å². The Morgan fingerprint density at radius 2 is 0.933 bits per heavy atom. The Bertz CT molecular complexity index is 950. The molecule has 0 saturated carbocycles. The lowest BCUT2D eigenvalue weighted by molar-refractivity contribution is -0.302. The molecule has 1 amide bonds. The zero-order valence-corrected chi connectivity index (χ0v) is 39.2. The van der Waals surface area contributed by atoms with Gasteiger partial charge in [-0.1, -0.05) is 219 Å². The van der Waals surface area contributed by atoms with Crippen LogP contribution in [-0.4, -0.2) is 87.5 Å². The van der Waals surface area contributed by atoms with Crippen LogP contribution in [0.3, 0.4) is 0 Å². The molecule has 1 saturated heterocycles. The number of carbonyl (C=O) groups excluding carboxylic acids is 1. The summed E-state index contributed by atoms with van der Waals surface area (Å²) in [6, 6.07) is -0.723. The lowest BCUT2D eigenvalue weighted by Gasteiger charge is -2.40. The highest BCUT2D eigenvalue weighted by Crippen LogP contribution is 2.23. The molecule has 0 aromatic heterocycles. The van der Waals surface area contributed by atoms with Crippen molar-refractivity contribution in [3.8, 4) is 0 Å². The molecule has 6 N–H and O–H groups in total. The first kappa shape index (κ1) is 56.9. The van der Waals surface area contributed by atoms with Crippen LogP contribution in [0.1, 0.15) is 251 Å². The molecular formula is C51H99NO8. The van der Waals surface area contributed by atoms with E-state index in [4.69, 9.17) is 9.47 Å². The third-order valence-electron chi connectivity index (χ3n) is 12.6. The Labute approximate surface area is 369 Å². The van der Waals surface area contributed by atoms with Gasteiger partial charge in [-0.2, -0.15) is 0 Å². The lowest BCUT2D eigenvalue weighted by Crippen LogP contribution is -2.60. The number of nitrogens with one attached hydrogen (secondary N) is 1. The summed E-state index contributed by atoms with van der Waals surface area (Å²) in [5.41, 5.74) is 0. The third kappa shape index (κ3) is 31.7. The molecule has 0 radical (unpaired) electrons. The molecule has 0 aromatic carbocycles. The van der Waals surface area contributed by atoms with Crippen LogP contribution in [0, 0.1) is 0 Å². The summed E-state index contributed by atoms with van der Waals surface area (Å²) in [6.45, 7) is 3.84. The fraction of sp³-hybridized carbons (Fsp3) is 0.941. The van der Waals surface area contributed by atoms with Crippen molar-refractivity contribution in [3.63, 3.8) is 0 Å². The molecule has 1 heterocycles. The molecule has 9 heteroatoms. The zero-order chi connectivity index (χ0) is 43.7. The molecule has 0 aliphatic carbocycles. The van der Waals surface area contributed by atoms with Gasteiger partial charge in [-0.05, 0) is 38.5 Å². The quantitative estimate of drug-likeness (QED) is 0.0262. The molecule has 356 valence electrons. The van der Waals surface area contributed by atoms with Crippen LogP contribution >= 0.6 is 0 Å². The molecule has 1 rings (SSSR count). The number of allylic oxidation sites excluding steroid dienone is 2. The number of ether oxygens (including phenoxy) is 2. The van der Waals surface area contributed by atoms with Crippen molar-refractivity contribution in [2.24, 2.45) is 0 Å². The monoisotopic (exact) mass is 854 g/mol. The van der Waals surface area contributed by atoms with Gasteiger partial charge >= 0.3 is 0 Å². The standard InChI is InChI=1S/C51H99NO8/c1-3-5-7-9-11-13-15-17-18-19-20-21-22-23-24-25-26-27-29-30-32-34-36-38-40-45(54)44(43-59-51-50(58)49(57)48(56)46(42-53)60-51)52-47(55)41-39-37-35-33-31-28-16-14-12-10-8-6-4-2/h28,31,44-46,48-51,53-54,56-58H,3-27,29-30,32-43H2,1-2H3,(H,52,55)/b31-28-. The Balaban J connectivity index is 2.22. The summed E-state index contributed by atoms with van der Waals surface area (Å²) >= 11 is 0. The first-order valence-electron chi connectivity index (χ1n) is 25.9. The normalized spacial score (nSPS) is 20.6. The van der Waals surface area contributed by atoms with Crippen LogP contribution in [0.25, 0.3) is 0 Å². The maximum Gasteiger partial charge on any atom is 0.220 e. The van der Waals surface area contributed by atoms with Crippen molar-refractivity contribution in [2.75, 3.05) is 13.2 Å². The molecular weight excluding hydrogens is 755 g/mol. The van der Waals surface area contributed by atoms with Gasteiger partial charge in [0.15, 0.2) is 6.29 Å². The minimum atomic E-state index is -1.55. The zero-order valence-electron chi connectivity index (χ0n) is 39.2. The van der Waals surface area contributed by atoms with E-state index in [2.05, 4.69) is 31.3 Å². The summed E-state index contributed by atoms with van der Waals surface area (Å²) in [6.07, 6.45) is 42.3. The van der Waals surface area contributed by atoms with Gasteiger partial charge in [0.2, 0.25) is 5.91 Å². The highest BCUT2D eigenvalue weighted by molar-refractivity contribution is 5.76. The minimum Gasteiger partial charge on any atom is -0.394 e. The molecule has 1 aliphatic rings. The van der Waals surface area contributed by atoms with E-state index in [1.54, 1.807) is 0 Å². The average molecular weight is 854 g/mol. The second-order valence-electron chi connectivity index (χ2n) is 18.3. The van der Waals surface area contributed by atoms with E-state index in [-0.39, 0.29) is 12.5 Å². The number of hydrogen-bond donors (Lipinski definition) is 6. The number of rotatable bonds is 44. The summed E-state index contributed by atoms with van der Waals surface area (Å²) in [7, 11) is 0. The topological polar surface area (TPSA) is 149 Å². The molecule has 7 unspecified atom stereocenters. The first-order valence-corrected chi connectivity index (χ1v) is 25.9. The van der Waals surface area contributed by atoms with E-state index < -0.39 is 49.5 Å². The fourth-order valence-electron chi connectivity index (χ4n) is 8.45. The molecule has 0 bridgehead atoms. The number of aliphatic hydroxyl groups excluding tert-OH is 5. The molecule has 1 aliphatic heterocycles. The molecule has 60 heavy (non-hydrogen) atoms. The van der Waals surface area contributed by atoms with E-state index in [1.807, 2.05) is 0 Å². The van der Waals surface area contributed by atoms with Gasteiger partial charge in [0.1, 0.15) is 24.4 Å². The second-order valence-corrected chi connectivity index (χ2v) is 18.3. The molecule has 0 spiro atoms. The summed E-state index contributed by atoms with van der Waals surface area (Å²) in [4.78, 5) is 13.0. The van der Waals surface area contributed by atoms with Crippen molar-refractivity contribution >= 4 is 5.91 Å². The van der Waals surface area contributed by atoms with Crippen LogP contribution in [0.2, 0.25) is 0 Å². The van der Waals surface area contributed by atoms with Crippen molar-refractivity contribution in [2.45, 2.75) is 294 Å². The maximum absolute atomic E-state index is 13.0. The summed E-state index contributed by atoms with van der Waals surface area (Å²) in [5, 5.41) is 54.5. The smallest absolute Gasteiger partial charge is 0.220 e. The van der Waals surface area contributed by atoms with Gasteiger partial charge in [-0.3, -0.25) is 4.79 Å². The van der Waals surface area contributed by atoms with Gasteiger partial charge in [0.05, 0.1) is 25.4 Å². The maximum atomic E-state index is 13.0. The highest BCUT2D eigenvalue weighted by Gasteiger charge is 2.44. The van der Waals surface area contributed by atoms with E-state index in [9.17, 15) is 30.3 Å². The third-order valence-corrected chi connectivity index (χ3v) is 12.6. The van der Waals surface area contributed by atoms with Crippen LogP contribution in [0.15, 0.2) is 12.2 Å². The van der Waals surface area contributed by atoms with E-state index in [1.165, 1.54) is 173 Å². The summed E-state index contributed by atoms with van der Waals surface area (Å²) in [5.74, 6) is -0.158. The largest absolute Gasteiger partial charge is 0.394 e. The van der Waals surface area contributed by atoms with Crippen LogP contribution in [-0.2, 0) is 14.3 Å². The second kappa shape index (κ2) is 41.9. The molecule has 0 aromatic rings. The molecule has 9 nitrogen and oxygen atoms in total. The minimum absolute atomic E-state index is 0.140. The van der Waals surface area contributed by atoms with Gasteiger partial charge in [0, 0.05) is 6.42 Å².